The lowest BCUT2D eigenvalue weighted by Gasteiger charge is -2.24. The average molecular weight is 693 g/mol. The molecule has 3 heteroatoms. The molecule has 1 unspecified atom stereocenters. The quantitative estimate of drug-likeness (QED) is 0.182. The Morgan fingerprint density at radius 3 is 1.72 bits per heavy atom. The van der Waals surface area contributed by atoms with Gasteiger partial charge in [-0.3, -0.25) is 4.99 Å². The Hall–Kier alpha value is -6.55. The van der Waals surface area contributed by atoms with Crippen molar-refractivity contribution in [3.05, 3.63) is 204 Å². The summed E-state index contributed by atoms with van der Waals surface area (Å²) in [6.07, 6.45) is -0.180. The molecule has 53 heavy (non-hydrogen) atoms. The number of nitrogens with zero attached hydrogens (tertiary/aromatic N) is 1. The van der Waals surface area contributed by atoms with E-state index in [9.17, 15) is 0 Å². The summed E-state index contributed by atoms with van der Waals surface area (Å²) in [5, 5.41) is 16.4. The van der Waals surface area contributed by atoms with Crippen LogP contribution >= 0.6 is 11.3 Å². The highest BCUT2D eigenvalue weighted by Crippen LogP contribution is 2.42. The fourth-order valence-corrected chi connectivity index (χ4v) is 9.53. The lowest BCUT2D eigenvalue weighted by Crippen LogP contribution is -2.39. The Kier molecular flexibility index (Phi) is 6.83. The summed E-state index contributed by atoms with van der Waals surface area (Å²) in [7, 11) is 0. The second-order valence-corrected chi connectivity index (χ2v) is 15.0. The van der Waals surface area contributed by atoms with Crippen LogP contribution in [0.25, 0.3) is 80.4 Å². The van der Waals surface area contributed by atoms with Gasteiger partial charge in [-0.15, -0.1) is 11.3 Å². The van der Waals surface area contributed by atoms with Crippen molar-refractivity contribution in [3.63, 3.8) is 0 Å². The number of benzene rings is 9. The Morgan fingerprint density at radius 2 is 0.981 bits per heavy atom. The molecule has 10 aromatic rings. The van der Waals surface area contributed by atoms with E-state index in [1.54, 1.807) is 0 Å². The Labute approximate surface area is 310 Å². The minimum absolute atomic E-state index is 0.180. The molecule has 248 valence electrons. The first kappa shape index (κ1) is 30.1. The normalized spacial score (nSPS) is 14.1. The van der Waals surface area contributed by atoms with Gasteiger partial charge < -0.3 is 5.32 Å². The zero-order chi connectivity index (χ0) is 34.9. The molecule has 1 atom stereocenters. The van der Waals surface area contributed by atoms with Crippen LogP contribution in [0.1, 0.15) is 17.3 Å². The van der Waals surface area contributed by atoms with Crippen LogP contribution in [0.5, 0.6) is 0 Å². The first-order valence-electron chi connectivity index (χ1n) is 18.2. The molecule has 0 spiro atoms. The molecule has 2 nitrogen and oxygen atoms in total. The summed E-state index contributed by atoms with van der Waals surface area (Å²) < 4.78 is 2.57. The molecule has 1 aliphatic heterocycles. The van der Waals surface area contributed by atoms with Crippen LogP contribution in [0.15, 0.2) is 187 Å². The van der Waals surface area contributed by atoms with Crippen molar-refractivity contribution < 1.29 is 0 Å². The van der Waals surface area contributed by atoms with Crippen LogP contribution in [0.3, 0.4) is 0 Å². The van der Waals surface area contributed by atoms with Crippen LogP contribution in [0, 0.1) is 0 Å². The molecule has 0 fully saturated rings. The molecule has 0 saturated heterocycles. The predicted octanol–water partition coefficient (Wildman–Crippen LogP) is 11.9. The van der Waals surface area contributed by atoms with E-state index in [1.165, 1.54) is 80.3 Å². The van der Waals surface area contributed by atoms with Gasteiger partial charge >= 0.3 is 0 Å². The van der Waals surface area contributed by atoms with Gasteiger partial charge in [0.25, 0.3) is 0 Å². The molecule has 11 rings (SSSR count). The molecular weight excluding hydrogens is 661 g/mol. The van der Waals surface area contributed by atoms with E-state index in [-0.39, 0.29) is 6.17 Å². The van der Waals surface area contributed by atoms with E-state index in [1.807, 2.05) is 11.3 Å². The number of thiophene rings is 1. The van der Waals surface area contributed by atoms with Gasteiger partial charge in [-0.1, -0.05) is 152 Å². The molecule has 1 aliphatic rings. The van der Waals surface area contributed by atoms with Crippen molar-refractivity contribution in [3.8, 4) is 22.3 Å². The number of para-hydroxylation sites is 1. The molecule has 0 radical (unpaired) electrons. The third-order valence-electron chi connectivity index (χ3n) is 10.9. The van der Waals surface area contributed by atoms with Crippen LogP contribution in [-0.2, 0) is 0 Å². The third-order valence-corrected chi connectivity index (χ3v) is 12.0. The maximum Gasteiger partial charge on any atom is 0.145 e. The van der Waals surface area contributed by atoms with E-state index in [4.69, 9.17) is 4.99 Å². The average Bonchev–Trinajstić information content (AvgIpc) is 3.62. The van der Waals surface area contributed by atoms with E-state index >= 15 is 0 Å². The van der Waals surface area contributed by atoms with Crippen molar-refractivity contribution in [2.24, 2.45) is 4.99 Å². The van der Waals surface area contributed by atoms with Crippen molar-refractivity contribution >= 4 is 69.5 Å². The van der Waals surface area contributed by atoms with Crippen LogP contribution in [0.4, 0.5) is 0 Å². The molecule has 9 aromatic carbocycles. The number of hydrogen-bond donors (Lipinski definition) is 1. The van der Waals surface area contributed by atoms with Crippen LogP contribution < -0.4 is 15.9 Å². The second-order valence-electron chi connectivity index (χ2n) is 13.9. The van der Waals surface area contributed by atoms with Gasteiger partial charge in [0.2, 0.25) is 0 Å². The molecule has 0 amide bonds. The summed E-state index contributed by atoms with van der Waals surface area (Å²) in [5.41, 5.74) is 8.30. The van der Waals surface area contributed by atoms with E-state index < -0.39 is 0 Å². The van der Waals surface area contributed by atoms with Crippen molar-refractivity contribution in [1.29, 1.82) is 0 Å². The highest BCUT2D eigenvalue weighted by atomic mass is 32.1. The molecule has 0 saturated carbocycles. The smallest absolute Gasteiger partial charge is 0.145 e. The number of rotatable bonds is 4. The monoisotopic (exact) mass is 692 g/mol. The van der Waals surface area contributed by atoms with E-state index in [0.29, 0.717) is 0 Å². The zero-order valence-electron chi connectivity index (χ0n) is 28.8. The first-order chi connectivity index (χ1) is 26.3. The summed E-state index contributed by atoms with van der Waals surface area (Å²) >= 11 is 1.87. The van der Waals surface area contributed by atoms with Crippen LogP contribution in [-0.4, -0.2) is 0 Å². The maximum atomic E-state index is 5.16. The highest BCUT2D eigenvalue weighted by Gasteiger charge is 2.22. The van der Waals surface area contributed by atoms with Crippen molar-refractivity contribution in [1.82, 2.24) is 5.32 Å². The Morgan fingerprint density at radius 1 is 0.415 bits per heavy atom. The Balaban J connectivity index is 1.07. The van der Waals surface area contributed by atoms with E-state index in [0.717, 1.165) is 21.8 Å². The van der Waals surface area contributed by atoms with Crippen molar-refractivity contribution in [2.75, 3.05) is 0 Å². The molecule has 0 aliphatic carbocycles. The number of fused-ring (bicyclic) bond motifs is 10. The zero-order valence-corrected chi connectivity index (χ0v) is 29.6. The lowest BCUT2D eigenvalue weighted by molar-refractivity contribution is 0.635. The van der Waals surface area contributed by atoms with Gasteiger partial charge in [-0.05, 0) is 90.5 Å². The SMILES string of the molecule is c1ccc(C2N=c3ccccc3=C(c3cc(-c4ccc(-c5ccc6c7ccccc7c7ccccc7c6c5)cc4)cc4sc5ccccc5c34)N2)cc1. The van der Waals surface area contributed by atoms with Gasteiger partial charge in [0.1, 0.15) is 6.17 Å². The third kappa shape index (κ3) is 4.89. The first-order valence-corrected chi connectivity index (χ1v) is 19.0. The minimum atomic E-state index is -0.180. The van der Waals surface area contributed by atoms with Gasteiger partial charge in [0, 0.05) is 31.0 Å². The standard InChI is InChI=1S/C50H32N2S/c1-2-12-33(13-3-1)50-51-45-20-10-8-18-41(45)49(52-50)44-29-35(30-47-48(44)42-19-9-11-21-46(42)53-47)32-24-22-31(23-25-32)34-26-27-40-38-16-5-4-14-36(38)37-15-6-7-17-39(37)43(40)28-34/h1-30,50,52H. The number of hydrogen-bond acceptors (Lipinski definition) is 3. The topological polar surface area (TPSA) is 24.4 Å². The fourth-order valence-electron chi connectivity index (χ4n) is 8.36. The van der Waals surface area contributed by atoms with Gasteiger partial charge in [0.15, 0.2) is 0 Å². The van der Waals surface area contributed by atoms with E-state index in [2.05, 4.69) is 187 Å². The number of nitrogens with one attached hydrogen (secondary N) is 1. The second kappa shape index (κ2) is 12.0. The predicted molar refractivity (Wildman–Crippen MR) is 225 cm³/mol. The largest absolute Gasteiger partial charge is 0.359 e. The lowest BCUT2D eigenvalue weighted by atomic mass is 9.91. The highest BCUT2D eigenvalue weighted by molar-refractivity contribution is 7.25. The summed E-state index contributed by atoms with van der Waals surface area (Å²) in [5.74, 6) is 0. The molecule has 1 N–H and O–H groups in total. The molecule has 1 aromatic heterocycles. The fraction of sp³-hybridized carbons (Fsp3) is 0.0200. The molecule has 2 heterocycles. The molecular formula is C50H32N2S. The van der Waals surface area contributed by atoms with Gasteiger partial charge in [0.05, 0.1) is 11.1 Å². The summed E-state index contributed by atoms with van der Waals surface area (Å²) in [6.45, 7) is 0. The summed E-state index contributed by atoms with van der Waals surface area (Å²) in [6, 6.07) is 66.2. The minimum Gasteiger partial charge on any atom is -0.359 e. The van der Waals surface area contributed by atoms with Crippen molar-refractivity contribution in [2.45, 2.75) is 6.17 Å². The maximum absolute atomic E-state index is 5.16. The Bertz CT molecular complexity index is 3160. The van der Waals surface area contributed by atoms with Crippen LogP contribution in [0.2, 0.25) is 0 Å². The summed E-state index contributed by atoms with van der Waals surface area (Å²) in [4.78, 5) is 5.16. The molecule has 0 bridgehead atoms. The van der Waals surface area contributed by atoms with Gasteiger partial charge in [-0.25, -0.2) is 0 Å². The van der Waals surface area contributed by atoms with Gasteiger partial charge in [-0.2, -0.15) is 0 Å².